The van der Waals surface area contributed by atoms with Crippen molar-refractivity contribution in [3.8, 4) is 0 Å². The number of aliphatic carboxylic acids is 1. The number of likely N-dealkylation sites (tertiary alicyclic amines) is 1. The summed E-state index contributed by atoms with van der Waals surface area (Å²) >= 11 is 0. The van der Waals surface area contributed by atoms with Crippen molar-refractivity contribution in [3.05, 3.63) is 83.4 Å². The highest BCUT2D eigenvalue weighted by atomic mass is 16.4. The van der Waals surface area contributed by atoms with Gasteiger partial charge in [-0.05, 0) is 42.4 Å². The summed E-state index contributed by atoms with van der Waals surface area (Å²) in [4.78, 5) is 24.8. The molecule has 2 N–H and O–H groups in total. The van der Waals surface area contributed by atoms with Gasteiger partial charge in [-0.1, -0.05) is 79.6 Å². The fourth-order valence-corrected chi connectivity index (χ4v) is 4.22. The van der Waals surface area contributed by atoms with E-state index in [0.717, 1.165) is 43.2 Å². The number of carbonyl (C=O) groups is 2. The number of carbonyl (C=O) groups excluding carboxylic acids is 1. The summed E-state index contributed by atoms with van der Waals surface area (Å²) in [6.07, 6.45) is 8.74. The van der Waals surface area contributed by atoms with Crippen LogP contribution < -0.4 is 0 Å². The molecule has 0 spiro atoms. The smallest absolute Gasteiger partial charge is 0.303 e. The molecule has 1 fully saturated rings. The van der Waals surface area contributed by atoms with E-state index in [1.807, 2.05) is 47.4 Å². The van der Waals surface area contributed by atoms with Gasteiger partial charge in [0.1, 0.15) is 0 Å². The largest absolute Gasteiger partial charge is 0.481 e. The molecule has 1 saturated heterocycles. The van der Waals surface area contributed by atoms with Crippen molar-refractivity contribution in [3.63, 3.8) is 0 Å². The third-order valence-electron chi connectivity index (χ3n) is 5.97. The number of nitrogens with zero attached hydrogens (tertiary/aromatic N) is 1. The topological polar surface area (TPSA) is 77.8 Å². The van der Waals surface area contributed by atoms with Gasteiger partial charge < -0.3 is 15.1 Å². The second-order valence-corrected chi connectivity index (χ2v) is 8.49. The summed E-state index contributed by atoms with van der Waals surface area (Å²) in [5, 5.41) is 19.4. The lowest BCUT2D eigenvalue weighted by Gasteiger charge is -2.22. The Morgan fingerprint density at radius 2 is 1.78 bits per heavy atom. The Morgan fingerprint density at radius 1 is 1.03 bits per heavy atom. The summed E-state index contributed by atoms with van der Waals surface area (Å²) in [5.41, 5.74) is 3.24. The minimum absolute atomic E-state index is 0.0173. The van der Waals surface area contributed by atoms with Crippen LogP contribution in [0.5, 0.6) is 0 Å². The van der Waals surface area contributed by atoms with Crippen LogP contribution in [-0.4, -0.2) is 39.6 Å². The van der Waals surface area contributed by atoms with E-state index in [4.69, 9.17) is 5.11 Å². The fourth-order valence-electron chi connectivity index (χ4n) is 4.22. The number of rotatable bonds is 12. The molecular formula is C27H33NO4. The molecule has 1 unspecified atom stereocenters. The number of benzene rings is 2. The molecule has 1 amide bonds. The molecule has 0 radical (unpaired) electrons. The Kier molecular flexibility index (Phi) is 9.05. The van der Waals surface area contributed by atoms with Gasteiger partial charge in [0, 0.05) is 19.4 Å². The minimum atomic E-state index is -0.755. The van der Waals surface area contributed by atoms with Crippen molar-refractivity contribution in [1.29, 1.82) is 0 Å². The third-order valence-corrected chi connectivity index (χ3v) is 5.97. The molecule has 5 nitrogen and oxygen atoms in total. The lowest BCUT2D eigenvalue weighted by molar-refractivity contribution is -0.137. The molecule has 3 rings (SSSR count). The number of carboxylic acid groups (broad SMARTS) is 1. The molecule has 0 aromatic heterocycles. The standard InChI is InChI=1S/C27H33NO4/c29-25(23-12-8-11-22(20-23)19-21-9-4-3-5-10-21)16-14-24-15-17-26(30)28(24)18-7-2-1-6-13-27(31)32/h3-5,8-12,14,16,20,24-25,29H,1-2,6-7,13,15,17-19H2,(H,31,32)/b16-14+/t24?,25-/m1/s1. The first kappa shape index (κ1) is 23.7. The number of hydrogen-bond donors (Lipinski definition) is 2. The molecule has 2 atom stereocenters. The Labute approximate surface area is 190 Å². The summed E-state index contributed by atoms with van der Waals surface area (Å²) in [5.74, 6) is -0.599. The number of aliphatic hydroxyl groups is 1. The molecule has 32 heavy (non-hydrogen) atoms. The fraction of sp³-hybridized carbons (Fsp3) is 0.407. The Hall–Kier alpha value is -2.92. The molecule has 0 aliphatic carbocycles. The molecule has 2 aromatic rings. The number of amides is 1. The van der Waals surface area contributed by atoms with Crippen LogP contribution in [0.2, 0.25) is 0 Å². The van der Waals surface area contributed by atoms with Crippen LogP contribution in [0.25, 0.3) is 0 Å². The average molecular weight is 436 g/mol. The van der Waals surface area contributed by atoms with E-state index < -0.39 is 12.1 Å². The average Bonchev–Trinajstić information content (AvgIpc) is 3.14. The van der Waals surface area contributed by atoms with Crippen LogP contribution in [-0.2, 0) is 16.0 Å². The molecule has 170 valence electrons. The summed E-state index contributed by atoms with van der Waals surface area (Å²) in [7, 11) is 0. The maximum absolute atomic E-state index is 12.3. The first-order valence-corrected chi connectivity index (χ1v) is 11.5. The first-order chi connectivity index (χ1) is 15.5. The summed E-state index contributed by atoms with van der Waals surface area (Å²) in [6.45, 7) is 0.684. The van der Waals surface area contributed by atoms with E-state index in [2.05, 4.69) is 18.2 Å². The summed E-state index contributed by atoms with van der Waals surface area (Å²) in [6, 6.07) is 18.3. The Morgan fingerprint density at radius 3 is 2.56 bits per heavy atom. The van der Waals surface area contributed by atoms with Gasteiger partial charge in [-0.2, -0.15) is 0 Å². The predicted octanol–water partition coefficient (Wildman–Crippen LogP) is 4.89. The van der Waals surface area contributed by atoms with Gasteiger partial charge in [0.15, 0.2) is 0 Å². The highest BCUT2D eigenvalue weighted by Crippen LogP contribution is 2.23. The van der Waals surface area contributed by atoms with Gasteiger partial charge in [0.2, 0.25) is 5.91 Å². The first-order valence-electron chi connectivity index (χ1n) is 11.5. The number of hydrogen-bond acceptors (Lipinski definition) is 3. The van der Waals surface area contributed by atoms with Crippen molar-refractivity contribution in [2.24, 2.45) is 0 Å². The molecule has 5 heteroatoms. The van der Waals surface area contributed by atoms with Crippen molar-refractivity contribution in [2.45, 2.75) is 63.5 Å². The quantitative estimate of drug-likeness (QED) is 0.367. The van der Waals surface area contributed by atoms with Crippen LogP contribution in [0.15, 0.2) is 66.7 Å². The van der Waals surface area contributed by atoms with Crippen LogP contribution in [0, 0.1) is 0 Å². The molecular weight excluding hydrogens is 402 g/mol. The molecule has 0 saturated carbocycles. The number of carboxylic acids is 1. The van der Waals surface area contributed by atoms with Gasteiger partial charge in [-0.25, -0.2) is 0 Å². The second kappa shape index (κ2) is 12.2. The van der Waals surface area contributed by atoms with Crippen molar-refractivity contribution < 1.29 is 19.8 Å². The SMILES string of the molecule is O=C(O)CCCCCCN1C(=O)CCC1/C=C/[C@@H](O)c1cccc(Cc2ccccc2)c1. The van der Waals surface area contributed by atoms with Gasteiger partial charge in [0.05, 0.1) is 12.1 Å². The van der Waals surface area contributed by atoms with Crippen molar-refractivity contribution in [2.75, 3.05) is 6.54 Å². The zero-order valence-corrected chi connectivity index (χ0v) is 18.5. The highest BCUT2D eigenvalue weighted by molar-refractivity contribution is 5.79. The molecule has 1 aliphatic heterocycles. The Bertz CT molecular complexity index is 909. The molecule has 2 aromatic carbocycles. The maximum Gasteiger partial charge on any atom is 0.303 e. The summed E-state index contributed by atoms with van der Waals surface area (Å²) < 4.78 is 0. The normalized spacial score (nSPS) is 17.2. The third kappa shape index (κ3) is 7.34. The van der Waals surface area contributed by atoms with E-state index in [-0.39, 0.29) is 18.4 Å². The molecule has 1 aliphatic rings. The molecule has 0 bridgehead atoms. The van der Waals surface area contributed by atoms with Gasteiger partial charge in [0.25, 0.3) is 0 Å². The van der Waals surface area contributed by atoms with Crippen LogP contribution in [0.3, 0.4) is 0 Å². The lowest BCUT2D eigenvalue weighted by atomic mass is 10.00. The van der Waals surface area contributed by atoms with E-state index >= 15 is 0 Å². The second-order valence-electron chi connectivity index (χ2n) is 8.49. The maximum atomic E-state index is 12.3. The number of unbranched alkanes of at least 4 members (excludes halogenated alkanes) is 3. The van der Waals surface area contributed by atoms with Gasteiger partial charge in [-0.3, -0.25) is 9.59 Å². The predicted molar refractivity (Wildman–Crippen MR) is 125 cm³/mol. The van der Waals surface area contributed by atoms with Crippen LogP contribution >= 0.6 is 0 Å². The van der Waals surface area contributed by atoms with Crippen molar-refractivity contribution >= 4 is 11.9 Å². The zero-order chi connectivity index (χ0) is 22.8. The van der Waals surface area contributed by atoms with Crippen molar-refractivity contribution in [1.82, 2.24) is 4.90 Å². The highest BCUT2D eigenvalue weighted by Gasteiger charge is 2.28. The van der Waals surface area contributed by atoms with E-state index in [1.165, 1.54) is 5.56 Å². The van der Waals surface area contributed by atoms with Gasteiger partial charge >= 0.3 is 5.97 Å². The van der Waals surface area contributed by atoms with E-state index in [9.17, 15) is 14.7 Å². The zero-order valence-electron chi connectivity index (χ0n) is 18.5. The monoisotopic (exact) mass is 435 g/mol. The Balaban J connectivity index is 1.52. The van der Waals surface area contributed by atoms with E-state index in [0.29, 0.717) is 19.4 Å². The number of aliphatic hydroxyl groups excluding tert-OH is 1. The molecule has 1 heterocycles. The minimum Gasteiger partial charge on any atom is -0.481 e. The lowest BCUT2D eigenvalue weighted by Crippen LogP contribution is -2.32. The van der Waals surface area contributed by atoms with Crippen LogP contribution in [0.1, 0.15) is 67.7 Å². The van der Waals surface area contributed by atoms with Gasteiger partial charge in [-0.15, -0.1) is 0 Å². The van der Waals surface area contributed by atoms with Crippen LogP contribution in [0.4, 0.5) is 0 Å². The van der Waals surface area contributed by atoms with E-state index in [1.54, 1.807) is 6.08 Å².